The van der Waals surface area contributed by atoms with Gasteiger partial charge in [-0.2, -0.15) is 0 Å². The van der Waals surface area contributed by atoms with E-state index in [0.717, 1.165) is 0 Å². The zero-order chi connectivity index (χ0) is 25.1. The summed E-state index contributed by atoms with van der Waals surface area (Å²) in [6, 6.07) is 0. The minimum Gasteiger partial charge on any atom is -0.413 e. The predicted octanol–water partition coefficient (Wildman–Crippen LogP) is 8.19. The van der Waals surface area contributed by atoms with E-state index in [1.54, 1.807) is 0 Å². The summed E-state index contributed by atoms with van der Waals surface area (Å²) in [4.78, 5) is 0. The first-order chi connectivity index (χ1) is 15.4. The molecule has 1 heterocycles. The van der Waals surface area contributed by atoms with E-state index >= 15 is 0 Å². The molecular weight excluding hydrogens is 436 g/mol. The first kappa shape index (κ1) is 25.7. The van der Waals surface area contributed by atoms with Crippen LogP contribution in [-0.2, 0) is 13.9 Å². The molecule has 1 saturated heterocycles. The Kier molecular flexibility index (Phi) is 5.73. The smallest absolute Gasteiger partial charge is 0.192 e. The van der Waals surface area contributed by atoms with E-state index in [1.807, 2.05) is 0 Å². The third-order valence-corrected chi connectivity index (χ3v) is 16.6. The lowest BCUT2D eigenvalue weighted by Gasteiger charge is -2.68. The molecule has 196 valence electrons. The lowest BCUT2D eigenvalue weighted by molar-refractivity contribution is -0.225. The maximum Gasteiger partial charge on any atom is 0.192 e. The highest BCUT2D eigenvalue weighted by Crippen LogP contribution is 2.73. The standard InChI is InChI=1S/C30H54O3Si/c1-26(2,3)34(10,11)33-21-16-15-19-22-24-23(31-28(6,7)32-24)20-14-12-13-17-29(20,8)25(22)27(4,5)18-30(19,21)9/h19-25H,12-18H2,1-11H3/t19?,20?,21-,22?,23+,24+,25+,29-,30-/m0/s1. The summed E-state index contributed by atoms with van der Waals surface area (Å²) in [5.41, 5.74) is 0.858. The number of rotatable bonds is 2. The van der Waals surface area contributed by atoms with Crippen molar-refractivity contribution >= 4 is 8.32 Å². The summed E-state index contributed by atoms with van der Waals surface area (Å²) in [6.45, 7) is 26.8. The van der Waals surface area contributed by atoms with Gasteiger partial charge in [-0.15, -0.1) is 0 Å². The number of fused-ring (bicyclic) bond motifs is 8. The summed E-state index contributed by atoms with van der Waals surface area (Å²) >= 11 is 0. The molecule has 0 amide bonds. The van der Waals surface area contributed by atoms with E-state index < -0.39 is 14.1 Å². The molecule has 0 aromatic rings. The third-order valence-electron chi connectivity index (χ3n) is 12.1. The molecule has 0 radical (unpaired) electrons. The van der Waals surface area contributed by atoms with Gasteiger partial charge in [0.15, 0.2) is 14.1 Å². The van der Waals surface area contributed by atoms with Crippen LogP contribution in [0.5, 0.6) is 0 Å². The molecule has 4 aliphatic carbocycles. The third kappa shape index (κ3) is 3.58. The van der Waals surface area contributed by atoms with Gasteiger partial charge in [0.1, 0.15) is 0 Å². The summed E-state index contributed by atoms with van der Waals surface area (Å²) in [5.74, 6) is 2.13. The maximum absolute atomic E-state index is 7.26. The van der Waals surface area contributed by atoms with Gasteiger partial charge in [0, 0.05) is 0 Å². The Morgan fingerprint density at radius 3 is 2.09 bits per heavy atom. The van der Waals surface area contributed by atoms with Crippen molar-refractivity contribution in [2.45, 2.75) is 149 Å². The largest absolute Gasteiger partial charge is 0.413 e. The summed E-state index contributed by atoms with van der Waals surface area (Å²) < 4.78 is 20.9. The summed E-state index contributed by atoms with van der Waals surface area (Å²) in [5, 5.41) is 0.249. The Hall–Kier alpha value is 0.0969. The monoisotopic (exact) mass is 490 g/mol. The predicted molar refractivity (Wildman–Crippen MR) is 142 cm³/mol. The second-order valence-electron chi connectivity index (χ2n) is 16.2. The van der Waals surface area contributed by atoms with Crippen LogP contribution in [0.2, 0.25) is 18.1 Å². The van der Waals surface area contributed by atoms with Crippen molar-refractivity contribution in [1.82, 2.24) is 0 Å². The lowest BCUT2D eigenvalue weighted by Crippen LogP contribution is -2.67. The minimum atomic E-state index is -1.83. The van der Waals surface area contributed by atoms with E-state index in [9.17, 15) is 0 Å². The average Bonchev–Trinajstić information content (AvgIpc) is 3.14. The highest BCUT2D eigenvalue weighted by Gasteiger charge is 2.72. The second-order valence-corrected chi connectivity index (χ2v) is 21.0. The number of hydrogen-bond donors (Lipinski definition) is 0. The molecule has 3 unspecified atom stereocenters. The quantitative estimate of drug-likeness (QED) is 0.365. The molecule has 0 bridgehead atoms. The fraction of sp³-hybridized carbons (Fsp3) is 1.00. The molecule has 0 N–H and O–H groups in total. The molecule has 4 heteroatoms. The maximum atomic E-state index is 7.26. The van der Waals surface area contributed by atoms with Gasteiger partial charge in [-0.25, -0.2) is 0 Å². The van der Waals surface area contributed by atoms with Gasteiger partial charge in [0.2, 0.25) is 0 Å². The van der Waals surface area contributed by atoms with Crippen LogP contribution in [0.25, 0.3) is 0 Å². The van der Waals surface area contributed by atoms with E-state index in [4.69, 9.17) is 13.9 Å². The van der Waals surface area contributed by atoms with Gasteiger partial charge in [0.05, 0.1) is 18.3 Å². The molecule has 1 aliphatic heterocycles. The average molecular weight is 491 g/mol. The van der Waals surface area contributed by atoms with E-state index in [-0.39, 0.29) is 28.1 Å². The Morgan fingerprint density at radius 2 is 1.44 bits per heavy atom. The first-order valence-electron chi connectivity index (χ1n) is 14.5. The van der Waals surface area contributed by atoms with Crippen molar-refractivity contribution in [3.8, 4) is 0 Å². The number of ether oxygens (including phenoxy) is 2. The van der Waals surface area contributed by atoms with Crippen molar-refractivity contribution < 1.29 is 13.9 Å². The van der Waals surface area contributed by atoms with Gasteiger partial charge in [0.25, 0.3) is 0 Å². The molecule has 3 nitrogen and oxygen atoms in total. The fourth-order valence-electron chi connectivity index (χ4n) is 10.2. The normalized spacial score (nSPS) is 49.7. The van der Waals surface area contributed by atoms with Crippen LogP contribution in [0.4, 0.5) is 0 Å². The van der Waals surface area contributed by atoms with Crippen LogP contribution < -0.4 is 0 Å². The van der Waals surface area contributed by atoms with E-state index in [2.05, 4.69) is 75.4 Å². The van der Waals surface area contributed by atoms with E-state index in [0.29, 0.717) is 35.2 Å². The molecule has 34 heavy (non-hydrogen) atoms. The highest BCUT2D eigenvalue weighted by atomic mass is 28.4. The van der Waals surface area contributed by atoms with Gasteiger partial charge in [-0.3, -0.25) is 0 Å². The summed E-state index contributed by atoms with van der Waals surface area (Å²) in [6.07, 6.45) is 10.1. The first-order valence-corrected chi connectivity index (χ1v) is 17.4. The molecule has 4 saturated carbocycles. The Balaban J connectivity index is 1.57. The molecule has 0 aromatic carbocycles. The van der Waals surface area contributed by atoms with Crippen molar-refractivity contribution in [2.24, 2.45) is 39.9 Å². The van der Waals surface area contributed by atoms with E-state index in [1.165, 1.54) is 44.9 Å². The van der Waals surface area contributed by atoms with Crippen LogP contribution in [-0.4, -0.2) is 32.4 Å². The number of hydrogen-bond acceptors (Lipinski definition) is 3. The van der Waals surface area contributed by atoms with Gasteiger partial charge in [-0.1, -0.05) is 61.3 Å². The molecule has 5 rings (SSSR count). The van der Waals surface area contributed by atoms with Crippen LogP contribution in [0.15, 0.2) is 0 Å². The SMILES string of the molecule is CC1(C)O[C@@H]2C3C4CC[C@H](O[Si](C)(C)C(C)(C)C)[C@@]4(C)CC(C)(C)[C@@H]3[C@@]3(C)CCCCC3[C@H]2O1. The molecule has 5 fully saturated rings. The van der Waals surface area contributed by atoms with Crippen LogP contribution in [0, 0.1) is 39.9 Å². The Bertz CT molecular complexity index is 812. The summed E-state index contributed by atoms with van der Waals surface area (Å²) in [7, 11) is -1.83. The zero-order valence-corrected chi connectivity index (χ0v) is 25.2. The topological polar surface area (TPSA) is 27.7 Å². The van der Waals surface area contributed by atoms with Crippen molar-refractivity contribution in [3.63, 3.8) is 0 Å². The zero-order valence-electron chi connectivity index (χ0n) is 24.2. The Labute approximate surface area is 211 Å². The highest BCUT2D eigenvalue weighted by molar-refractivity contribution is 6.74. The van der Waals surface area contributed by atoms with Gasteiger partial charge >= 0.3 is 0 Å². The van der Waals surface area contributed by atoms with Crippen LogP contribution >= 0.6 is 0 Å². The van der Waals surface area contributed by atoms with Gasteiger partial charge in [-0.05, 0) is 104 Å². The van der Waals surface area contributed by atoms with Crippen molar-refractivity contribution in [3.05, 3.63) is 0 Å². The minimum absolute atomic E-state index is 0.221. The van der Waals surface area contributed by atoms with Crippen LogP contribution in [0.3, 0.4) is 0 Å². The lowest BCUT2D eigenvalue weighted by atomic mass is 9.38. The Morgan fingerprint density at radius 1 is 0.794 bits per heavy atom. The second kappa shape index (κ2) is 7.57. The molecule has 9 atom stereocenters. The molecule has 5 aliphatic rings. The molecule has 0 aromatic heterocycles. The van der Waals surface area contributed by atoms with Crippen molar-refractivity contribution in [1.29, 1.82) is 0 Å². The van der Waals surface area contributed by atoms with Crippen LogP contribution in [0.1, 0.15) is 107 Å². The van der Waals surface area contributed by atoms with Crippen molar-refractivity contribution in [2.75, 3.05) is 0 Å². The molecule has 0 spiro atoms. The van der Waals surface area contributed by atoms with Gasteiger partial charge < -0.3 is 13.9 Å². The molecular formula is C30H54O3Si. The fourth-order valence-corrected chi connectivity index (χ4v) is 11.6.